The highest BCUT2D eigenvalue weighted by molar-refractivity contribution is 14.1. The van der Waals surface area contributed by atoms with E-state index in [9.17, 15) is 4.79 Å². The molecule has 1 amide bonds. The SMILES string of the molecule is O=C(C1=CCCCC1)N(Cc1ccccc1)c1ccccc1I. The Morgan fingerprint density at radius 2 is 1.74 bits per heavy atom. The Morgan fingerprint density at radius 3 is 2.43 bits per heavy atom. The molecule has 0 aromatic heterocycles. The molecule has 2 aromatic carbocycles. The summed E-state index contributed by atoms with van der Waals surface area (Å²) in [4.78, 5) is 15.0. The number of rotatable bonds is 4. The summed E-state index contributed by atoms with van der Waals surface area (Å²) in [6.07, 6.45) is 6.35. The maximum Gasteiger partial charge on any atom is 0.254 e. The van der Waals surface area contributed by atoms with Crippen LogP contribution < -0.4 is 4.90 Å². The van der Waals surface area contributed by atoms with Gasteiger partial charge in [0.1, 0.15) is 0 Å². The van der Waals surface area contributed by atoms with Crippen LogP contribution in [-0.4, -0.2) is 5.91 Å². The lowest BCUT2D eigenvalue weighted by Gasteiger charge is -2.26. The van der Waals surface area contributed by atoms with Crippen LogP contribution in [-0.2, 0) is 11.3 Å². The maximum absolute atomic E-state index is 13.1. The first-order valence-electron chi connectivity index (χ1n) is 8.05. The molecule has 0 saturated carbocycles. The van der Waals surface area contributed by atoms with Crippen molar-refractivity contribution in [3.05, 3.63) is 75.4 Å². The standard InChI is InChI=1S/C20H20INO/c21-18-13-7-8-14-19(18)22(15-16-9-3-1-4-10-16)20(23)17-11-5-2-6-12-17/h1,3-4,7-11,13-14H,2,5-6,12,15H2. The summed E-state index contributed by atoms with van der Waals surface area (Å²) < 4.78 is 1.10. The van der Waals surface area contributed by atoms with E-state index >= 15 is 0 Å². The highest BCUT2D eigenvalue weighted by atomic mass is 127. The molecule has 23 heavy (non-hydrogen) atoms. The fraction of sp³-hybridized carbons (Fsp3) is 0.250. The van der Waals surface area contributed by atoms with Gasteiger partial charge in [-0.1, -0.05) is 48.5 Å². The predicted molar refractivity (Wildman–Crippen MR) is 103 cm³/mol. The van der Waals surface area contributed by atoms with Gasteiger partial charge in [0, 0.05) is 9.14 Å². The van der Waals surface area contributed by atoms with Crippen molar-refractivity contribution < 1.29 is 4.79 Å². The van der Waals surface area contributed by atoms with Crippen molar-refractivity contribution in [3.63, 3.8) is 0 Å². The van der Waals surface area contributed by atoms with E-state index in [1.807, 2.05) is 41.3 Å². The number of nitrogens with zero attached hydrogens (tertiary/aromatic N) is 1. The molecule has 2 nitrogen and oxygen atoms in total. The third-order valence-electron chi connectivity index (χ3n) is 4.14. The Morgan fingerprint density at radius 1 is 1.00 bits per heavy atom. The number of carbonyl (C=O) groups is 1. The van der Waals surface area contributed by atoms with Crippen LogP contribution in [0.3, 0.4) is 0 Å². The van der Waals surface area contributed by atoms with Gasteiger partial charge in [0.15, 0.2) is 0 Å². The number of para-hydroxylation sites is 1. The number of hydrogen-bond donors (Lipinski definition) is 0. The molecule has 1 aliphatic rings. The lowest BCUT2D eigenvalue weighted by molar-refractivity contribution is -0.115. The molecule has 3 rings (SSSR count). The minimum absolute atomic E-state index is 0.151. The van der Waals surface area contributed by atoms with Crippen molar-refractivity contribution in [2.24, 2.45) is 0 Å². The van der Waals surface area contributed by atoms with E-state index in [4.69, 9.17) is 0 Å². The molecule has 0 fully saturated rings. The third kappa shape index (κ3) is 4.02. The van der Waals surface area contributed by atoms with E-state index in [-0.39, 0.29) is 5.91 Å². The summed E-state index contributed by atoms with van der Waals surface area (Å²) >= 11 is 2.31. The van der Waals surface area contributed by atoms with Gasteiger partial charge in [0.2, 0.25) is 0 Å². The summed E-state index contributed by atoms with van der Waals surface area (Å²) in [5, 5.41) is 0. The molecule has 0 spiro atoms. The summed E-state index contributed by atoms with van der Waals surface area (Å²) in [6, 6.07) is 18.3. The number of anilines is 1. The van der Waals surface area contributed by atoms with Gasteiger partial charge in [-0.05, 0) is 66.0 Å². The topological polar surface area (TPSA) is 20.3 Å². The fourth-order valence-electron chi connectivity index (χ4n) is 2.91. The Labute approximate surface area is 151 Å². The van der Waals surface area contributed by atoms with E-state index in [0.717, 1.165) is 39.7 Å². The molecule has 1 aliphatic carbocycles. The van der Waals surface area contributed by atoms with E-state index in [1.165, 1.54) is 6.42 Å². The van der Waals surface area contributed by atoms with Crippen LogP contribution in [0.15, 0.2) is 66.2 Å². The first kappa shape index (κ1) is 16.2. The molecule has 0 radical (unpaired) electrons. The van der Waals surface area contributed by atoms with Gasteiger partial charge < -0.3 is 4.90 Å². The highest BCUT2D eigenvalue weighted by Crippen LogP contribution is 2.28. The second-order valence-electron chi connectivity index (χ2n) is 5.80. The van der Waals surface area contributed by atoms with Crippen LogP contribution in [0, 0.1) is 3.57 Å². The molecule has 0 bridgehead atoms. The number of amides is 1. The van der Waals surface area contributed by atoms with E-state index < -0.39 is 0 Å². The van der Waals surface area contributed by atoms with Crippen molar-refractivity contribution in [2.75, 3.05) is 4.90 Å². The Bertz CT molecular complexity index is 709. The lowest BCUT2D eigenvalue weighted by atomic mass is 9.98. The van der Waals surface area contributed by atoms with Crippen LogP contribution in [0.2, 0.25) is 0 Å². The van der Waals surface area contributed by atoms with Crippen LogP contribution in [0.25, 0.3) is 0 Å². The lowest BCUT2D eigenvalue weighted by Crippen LogP contribution is -2.32. The number of benzene rings is 2. The normalized spacial score (nSPS) is 14.2. The summed E-state index contributed by atoms with van der Waals surface area (Å²) in [5.41, 5.74) is 3.11. The van der Waals surface area contributed by atoms with Gasteiger partial charge >= 0.3 is 0 Å². The minimum atomic E-state index is 0.151. The molecule has 0 unspecified atom stereocenters. The van der Waals surface area contributed by atoms with Crippen molar-refractivity contribution in [2.45, 2.75) is 32.2 Å². The third-order valence-corrected chi connectivity index (χ3v) is 5.05. The number of hydrogen-bond acceptors (Lipinski definition) is 1. The van der Waals surface area contributed by atoms with Crippen LogP contribution >= 0.6 is 22.6 Å². The number of carbonyl (C=O) groups excluding carboxylic acids is 1. The highest BCUT2D eigenvalue weighted by Gasteiger charge is 2.22. The Hall–Kier alpha value is -1.62. The zero-order valence-corrected chi connectivity index (χ0v) is 15.2. The van der Waals surface area contributed by atoms with Crippen LogP contribution in [0.1, 0.15) is 31.2 Å². The van der Waals surface area contributed by atoms with E-state index in [2.05, 4.69) is 46.9 Å². The molecule has 3 heteroatoms. The second-order valence-corrected chi connectivity index (χ2v) is 6.97. The largest absolute Gasteiger partial charge is 0.303 e. The van der Waals surface area contributed by atoms with Crippen molar-refractivity contribution in [1.29, 1.82) is 0 Å². The van der Waals surface area contributed by atoms with Crippen molar-refractivity contribution in [3.8, 4) is 0 Å². The summed E-state index contributed by atoms with van der Waals surface area (Å²) in [6.45, 7) is 0.608. The number of halogens is 1. The molecule has 118 valence electrons. The quantitative estimate of drug-likeness (QED) is 0.617. The van der Waals surface area contributed by atoms with Crippen molar-refractivity contribution in [1.82, 2.24) is 0 Å². The molecule has 2 aromatic rings. The zero-order chi connectivity index (χ0) is 16.1. The van der Waals surface area contributed by atoms with E-state index in [1.54, 1.807) is 0 Å². The first-order valence-corrected chi connectivity index (χ1v) is 9.13. The second kappa shape index (κ2) is 7.77. The Kier molecular flexibility index (Phi) is 5.49. The molecular weight excluding hydrogens is 397 g/mol. The van der Waals surface area contributed by atoms with Gasteiger partial charge in [0.05, 0.1) is 12.2 Å². The van der Waals surface area contributed by atoms with E-state index in [0.29, 0.717) is 6.54 Å². The van der Waals surface area contributed by atoms with Gasteiger partial charge in [-0.3, -0.25) is 4.79 Å². The monoisotopic (exact) mass is 417 g/mol. The first-order chi connectivity index (χ1) is 11.3. The van der Waals surface area contributed by atoms with Crippen LogP contribution in [0.4, 0.5) is 5.69 Å². The molecule has 0 aliphatic heterocycles. The fourth-order valence-corrected chi connectivity index (χ4v) is 3.59. The van der Waals surface area contributed by atoms with Gasteiger partial charge in [-0.25, -0.2) is 0 Å². The predicted octanol–water partition coefficient (Wildman–Crippen LogP) is 5.32. The van der Waals surface area contributed by atoms with Gasteiger partial charge in [-0.15, -0.1) is 0 Å². The smallest absolute Gasteiger partial charge is 0.254 e. The van der Waals surface area contributed by atoms with Crippen molar-refractivity contribution >= 4 is 34.2 Å². The zero-order valence-electron chi connectivity index (χ0n) is 13.0. The minimum Gasteiger partial charge on any atom is -0.303 e. The van der Waals surface area contributed by atoms with Gasteiger partial charge in [0.25, 0.3) is 5.91 Å². The maximum atomic E-state index is 13.1. The Balaban J connectivity index is 1.94. The molecule has 0 heterocycles. The molecular formula is C20H20INO. The number of allylic oxidation sites excluding steroid dienone is 1. The molecule has 0 atom stereocenters. The average molecular weight is 417 g/mol. The molecule has 0 saturated heterocycles. The van der Waals surface area contributed by atoms with Gasteiger partial charge in [-0.2, -0.15) is 0 Å². The average Bonchev–Trinajstić information content (AvgIpc) is 2.61. The molecule has 0 N–H and O–H groups in total. The summed E-state index contributed by atoms with van der Waals surface area (Å²) in [7, 11) is 0. The van der Waals surface area contributed by atoms with Crippen LogP contribution in [0.5, 0.6) is 0 Å². The summed E-state index contributed by atoms with van der Waals surface area (Å²) in [5.74, 6) is 0.151.